The summed E-state index contributed by atoms with van der Waals surface area (Å²) in [6.45, 7) is 3.28. The van der Waals surface area contributed by atoms with Gasteiger partial charge in [-0.05, 0) is 22.8 Å². The van der Waals surface area contributed by atoms with E-state index in [0.717, 1.165) is 10.8 Å². The van der Waals surface area contributed by atoms with Crippen LogP contribution in [0.2, 0.25) is 0 Å². The van der Waals surface area contributed by atoms with Crippen LogP contribution in [0.3, 0.4) is 0 Å². The van der Waals surface area contributed by atoms with E-state index in [4.69, 9.17) is 9.47 Å². The predicted molar refractivity (Wildman–Crippen MR) is 97.6 cm³/mol. The molecule has 0 radical (unpaired) electrons. The number of methoxy groups -OCH3 is 1. The van der Waals surface area contributed by atoms with Gasteiger partial charge in [-0.15, -0.1) is 0 Å². The lowest BCUT2D eigenvalue weighted by Crippen LogP contribution is -2.47. The number of nitrogens with one attached hydrogen (secondary N) is 1. The molecule has 0 fully saturated rings. The molecular formula is C20H23NO5. The highest BCUT2D eigenvalue weighted by Crippen LogP contribution is 2.19. The lowest BCUT2D eigenvalue weighted by atomic mass is 9.99. The van der Waals surface area contributed by atoms with Gasteiger partial charge in [0.2, 0.25) is 0 Å². The van der Waals surface area contributed by atoms with Crippen molar-refractivity contribution in [3.05, 3.63) is 48.0 Å². The van der Waals surface area contributed by atoms with Crippen molar-refractivity contribution in [1.82, 2.24) is 5.32 Å². The quantitative estimate of drug-likeness (QED) is 0.771. The van der Waals surface area contributed by atoms with Crippen molar-refractivity contribution in [2.24, 2.45) is 5.92 Å². The van der Waals surface area contributed by atoms with E-state index in [2.05, 4.69) is 5.32 Å². The van der Waals surface area contributed by atoms with Crippen LogP contribution in [0.1, 0.15) is 30.6 Å². The van der Waals surface area contributed by atoms with E-state index in [1.165, 1.54) is 7.11 Å². The van der Waals surface area contributed by atoms with Crippen LogP contribution >= 0.6 is 0 Å². The molecule has 138 valence electrons. The Balaban J connectivity index is 2.02. The average molecular weight is 357 g/mol. The van der Waals surface area contributed by atoms with Gasteiger partial charge in [-0.1, -0.05) is 56.7 Å². The zero-order valence-electron chi connectivity index (χ0n) is 15.2. The van der Waals surface area contributed by atoms with Crippen LogP contribution in [-0.2, 0) is 19.1 Å². The Morgan fingerprint density at radius 2 is 1.77 bits per heavy atom. The third-order valence-electron chi connectivity index (χ3n) is 4.33. The van der Waals surface area contributed by atoms with Gasteiger partial charge in [0.1, 0.15) is 6.04 Å². The van der Waals surface area contributed by atoms with Gasteiger partial charge in [-0.2, -0.15) is 0 Å². The van der Waals surface area contributed by atoms with Crippen molar-refractivity contribution in [2.45, 2.75) is 26.3 Å². The van der Waals surface area contributed by atoms with Gasteiger partial charge in [0, 0.05) is 0 Å². The first-order chi connectivity index (χ1) is 12.5. The molecular weight excluding hydrogens is 334 g/mol. The summed E-state index contributed by atoms with van der Waals surface area (Å²) in [5.41, 5.74) is 0.391. The molecule has 0 aromatic heterocycles. The SMILES string of the molecule is CC[C@H](C)[C@@H](NC(=O)COC(=O)c1cccc2ccccc12)C(=O)OC. The summed E-state index contributed by atoms with van der Waals surface area (Å²) in [6, 6.07) is 12.0. The molecule has 2 aromatic carbocycles. The fourth-order valence-corrected chi connectivity index (χ4v) is 2.62. The molecule has 0 aliphatic heterocycles. The molecule has 1 amide bonds. The minimum atomic E-state index is -0.770. The molecule has 0 spiro atoms. The largest absolute Gasteiger partial charge is 0.467 e. The maximum Gasteiger partial charge on any atom is 0.339 e. The van der Waals surface area contributed by atoms with Crippen LogP contribution in [0.25, 0.3) is 10.8 Å². The monoisotopic (exact) mass is 357 g/mol. The second kappa shape index (κ2) is 8.99. The number of hydrogen-bond donors (Lipinski definition) is 1. The maximum atomic E-state index is 12.3. The Bertz CT molecular complexity index is 796. The van der Waals surface area contributed by atoms with E-state index in [-0.39, 0.29) is 5.92 Å². The molecule has 1 N–H and O–H groups in total. The molecule has 0 saturated heterocycles. The highest BCUT2D eigenvalue weighted by atomic mass is 16.5. The summed E-state index contributed by atoms with van der Waals surface area (Å²) in [5, 5.41) is 4.24. The molecule has 26 heavy (non-hydrogen) atoms. The number of fused-ring (bicyclic) bond motifs is 1. The third-order valence-corrected chi connectivity index (χ3v) is 4.33. The molecule has 2 rings (SSSR count). The number of ether oxygens (including phenoxy) is 2. The second-order valence-electron chi connectivity index (χ2n) is 6.06. The predicted octanol–water partition coefficient (Wildman–Crippen LogP) is 2.70. The fraction of sp³-hybridized carbons (Fsp3) is 0.350. The minimum Gasteiger partial charge on any atom is -0.467 e. The summed E-state index contributed by atoms with van der Waals surface area (Å²) in [4.78, 5) is 36.2. The highest BCUT2D eigenvalue weighted by Gasteiger charge is 2.27. The maximum absolute atomic E-state index is 12.3. The fourth-order valence-electron chi connectivity index (χ4n) is 2.62. The Hall–Kier alpha value is -2.89. The average Bonchev–Trinajstić information content (AvgIpc) is 2.68. The number of carbonyl (C=O) groups excluding carboxylic acids is 3. The van der Waals surface area contributed by atoms with Crippen LogP contribution in [0.15, 0.2) is 42.5 Å². The lowest BCUT2D eigenvalue weighted by molar-refractivity contribution is -0.147. The van der Waals surface area contributed by atoms with E-state index >= 15 is 0 Å². The van der Waals surface area contributed by atoms with Crippen LogP contribution < -0.4 is 5.32 Å². The second-order valence-corrected chi connectivity index (χ2v) is 6.06. The topological polar surface area (TPSA) is 81.7 Å². The van der Waals surface area contributed by atoms with Crippen molar-refractivity contribution in [1.29, 1.82) is 0 Å². The van der Waals surface area contributed by atoms with Gasteiger partial charge >= 0.3 is 11.9 Å². The molecule has 0 bridgehead atoms. The molecule has 6 nitrogen and oxygen atoms in total. The Kier molecular flexibility index (Phi) is 6.72. The molecule has 6 heteroatoms. The smallest absolute Gasteiger partial charge is 0.339 e. The van der Waals surface area contributed by atoms with E-state index in [1.807, 2.05) is 44.2 Å². The molecule has 0 aliphatic rings. The van der Waals surface area contributed by atoms with Gasteiger partial charge in [-0.3, -0.25) is 4.79 Å². The number of esters is 2. The highest BCUT2D eigenvalue weighted by molar-refractivity contribution is 6.05. The minimum absolute atomic E-state index is 0.0971. The third kappa shape index (κ3) is 4.59. The number of carbonyl (C=O) groups is 3. The number of amides is 1. The van der Waals surface area contributed by atoms with Gasteiger partial charge in [0.25, 0.3) is 5.91 Å². The van der Waals surface area contributed by atoms with Crippen molar-refractivity contribution >= 4 is 28.6 Å². The van der Waals surface area contributed by atoms with Crippen molar-refractivity contribution < 1.29 is 23.9 Å². The first-order valence-corrected chi connectivity index (χ1v) is 8.50. The van der Waals surface area contributed by atoms with Crippen molar-refractivity contribution in [2.75, 3.05) is 13.7 Å². The number of hydrogen-bond acceptors (Lipinski definition) is 5. The zero-order valence-corrected chi connectivity index (χ0v) is 15.2. The summed E-state index contributed by atoms with van der Waals surface area (Å²) < 4.78 is 9.84. The number of benzene rings is 2. The summed E-state index contributed by atoms with van der Waals surface area (Å²) in [5.74, 6) is -1.75. The van der Waals surface area contributed by atoms with Gasteiger partial charge < -0.3 is 14.8 Å². The van der Waals surface area contributed by atoms with Crippen LogP contribution in [-0.4, -0.2) is 37.6 Å². The molecule has 0 unspecified atom stereocenters. The standard InChI is InChI=1S/C20H23NO5/c1-4-13(2)18(20(24)25-3)21-17(22)12-26-19(23)16-11-7-9-14-8-5-6-10-15(14)16/h5-11,13,18H,4,12H2,1-3H3,(H,21,22)/t13-,18+/m0/s1. The Morgan fingerprint density at radius 1 is 1.08 bits per heavy atom. The summed E-state index contributed by atoms with van der Waals surface area (Å²) in [6.07, 6.45) is 0.690. The lowest BCUT2D eigenvalue weighted by Gasteiger charge is -2.21. The number of rotatable bonds is 7. The molecule has 0 aliphatic carbocycles. The summed E-state index contributed by atoms with van der Waals surface area (Å²) >= 11 is 0. The van der Waals surface area contributed by atoms with Crippen LogP contribution in [0.4, 0.5) is 0 Å². The van der Waals surface area contributed by atoms with Gasteiger partial charge in [-0.25, -0.2) is 9.59 Å². The summed E-state index contributed by atoms with van der Waals surface area (Å²) in [7, 11) is 1.27. The molecule has 2 atom stereocenters. The Labute approximate surface area is 152 Å². The first kappa shape index (κ1) is 19.4. The van der Waals surface area contributed by atoms with Crippen LogP contribution in [0, 0.1) is 5.92 Å². The molecule has 2 aromatic rings. The van der Waals surface area contributed by atoms with E-state index in [9.17, 15) is 14.4 Å². The van der Waals surface area contributed by atoms with E-state index in [0.29, 0.717) is 12.0 Å². The first-order valence-electron chi connectivity index (χ1n) is 8.50. The zero-order chi connectivity index (χ0) is 19.1. The van der Waals surface area contributed by atoms with E-state index < -0.39 is 30.5 Å². The van der Waals surface area contributed by atoms with Crippen molar-refractivity contribution in [3.63, 3.8) is 0 Å². The molecule has 0 saturated carbocycles. The van der Waals surface area contributed by atoms with E-state index in [1.54, 1.807) is 12.1 Å². The van der Waals surface area contributed by atoms with Gasteiger partial charge in [0.15, 0.2) is 6.61 Å². The Morgan fingerprint density at radius 3 is 2.46 bits per heavy atom. The molecule has 0 heterocycles. The van der Waals surface area contributed by atoms with Gasteiger partial charge in [0.05, 0.1) is 12.7 Å². The van der Waals surface area contributed by atoms with Crippen LogP contribution in [0.5, 0.6) is 0 Å². The normalized spacial score (nSPS) is 12.9. The van der Waals surface area contributed by atoms with Crippen molar-refractivity contribution in [3.8, 4) is 0 Å².